The van der Waals surface area contributed by atoms with Crippen LogP contribution < -0.4 is 0 Å². The number of benzene rings is 2. The maximum atomic E-state index is 14.3. The summed E-state index contributed by atoms with van der Waals surface area (Å²) in [4.78, 5) is 13.5. The summed E-state index contributed by atoms with van der Waals surface area (Å²) in [6, 6.07) is 10.5. The third-order valence-corrected chi connectivity index (χ3v) is 5.02. The zero-order valence-corrected chi connectivity index (χ0v) is 14.2. The van der Waals surface area contributed by atoms with Crippen molar-refractivity contribution in [1.29, 1.82) is 0 Å². The molecule has 0 saturated carbocycles. The van der Waals surface area contributed by atoms with E-state index >= 15 is 0 Å². The Balaban J connectivity index is 1.78. The lowest BCUT2D eigenvalue weighted by Crippen LogP contribution is -2.21. The quantitative estimate of drug-likeness (QED) is 0.886. The molecule has 0 aliphatic carbocycles. The molecule has 1 fully saturated rings. The number of hydrogen-bond donors (Lipinski definition) is 1. The Kier molecular flexibility index (Phi) is 4.88. The van der Waals surface area contributed by atoms with E-state index in [2.05, 4.69) is 4.90 Å². The summed E-state index contributed by atoms with van der Waals surface area (Å²) >= 11 is 6.16. The minimum Gasteiger partial charge on any atom is -0.478 e. The topological polar surface area (TPSA) is 40.5 Å². The molecule has 0 spiro atoms. The van der Waals surface area contributed by atoms with E-state index < -0.39 is 5.97 Å². The number of rotatable bonds is 4. The van der Waals surface area contributed by atoms with Gasteiger partial charge in [0, 0.05) is 23.7 Å². The first-order valence-electron chi connectivity index (χ1n) is 7.95. The number of carboxylic acid groups (broad SMARTS) is 1. The zero-order chi connectivity index (χ0) is 17.3. The third kappa shape index (κ3) is 3.30. The molecule has 1 aliphatic rings. The van der Waals surface area contributed by atoms with E-state index in [0.29, 0.717) is 34.8 Å². The van der Waals surface area contributed by atoms with E-state index in [0.717, 1.165) is 18.5 Å². The molecular weight excluding hydrogens is 329 g/mol. The van der Waals surface area contributed by atoms with E-state index in [-0.39, 0.29) is 11.7 Å². The first kappa shape index (κ1) is 16.9. The number of carbonyl (C=O) groups is 1. The van der Waals surface area contributed by atoms with Crippen molar-refractivity contribution in [3.8, 4) is 0 Å². The molecule has 3 rings (SSSR count). The van der Waals surface area contributed by atoms with Crippen LogP contribution >= 0.6 is 11.6 Å². The fourth-order valence-electron chi connectivity index (χ4n) is 3.36. The van der Waals surface area contributed by atoms with Gasteiger partial charge in [-0.3, -0.25) is 4.90 Å². The van der Waals surface area contributed by atoms with Gasteiger partial charge in [0.05, 0.1) is 5.56 Å². The molecule has 0 amide bonds. The van der Waals surface area contributed by atoms with Gasteiger partial charge in [-0.15, -0.1) is 0 Å². The lowest BCUT2D eigenvalue weighted by molar-refractivity contribution is 0.0695. The number of nitrogens with zero attached hydrogens (tertiary/aromatic N) is 1. The first-order chi connectivity index (χ1) is 11.5. The van der Waals surface area contributed by atoms with Crippen molar-refractivity contribution in [1.82, 2.24) is 4.90 Å². The second-order valence-corrected chi connectivity index (χ2v) is 6.68. The SMILES string of the molecule is Cc1ccc(Cl)c(CN2CCC(c3ccccc3C(=O)O)C2)c1F. The van der Waals surface area contributed by atoms with Crippen molar-refractivity contribution in [3.05, 3.63) is 69.5 Å². The zero-order valence-electron chi connectivity index (χ0n) is 13.4. The van der Waals surface area contributed by atoms with Crippen molar-refractivity contribution in [2.75, 3.05) is 13.1 Å². The second-order valence-electron chi connectivity index (χ2n) is 6.27. The monoisotopic (exact) mass is 347 g/mol. The number of aryl methyl sites for hydroxylation is 1. The number of likely N-dealkylation sites (tertiary alicyclic amines) is 1. The maximum Gasteiger partial charge on any atom is 0.335 e. The third-order valence-electron chi connectivity index (χ3n) is 4.66. The molecule has 24 heavy (non-hydrogen) atoms. The van der Waals surface area contributed by atoms with Crippen LogP contribution in [0.1, 0.15) is 39.4 Å². The molecule has 5 heteroatoms. The molecule has 1 saturated heterocycles. The summed E-state index contributed by atoms with van der Waals surface area (Å²) in [5.41, 5.74) is 2.30. The van der Waals surface area contributed by atoms with Crippen LogP contribution in [0.3, 0.4) is 0 Å². The Morgan fingerprint density at radius 1 is 1.33 bits per heavy atom. The molecule has 126 valence electrons. The summed E-state index contributed by atoms with van der Waals surface area (Å²) in [7, 11) is 0. The van der Waals surface area contributed by atoms with E-state index in [1.807, 2.05) is 12.1 Å². The number of aromatic carboxylic acids is 1. The van der Waals surface area contributed by atoms with Crippen LogP contribution in [0.5, 0.6) is 0 Å². The Labute approximate surface area is 145 Å². The van der Waals surface area contributed by atoms with Gasteiger partial charge in [-0.25, -0.2) is 9.18 Å². The fraction of sp³-hybridized carbons (Fsp3) is 0.316. The van der Waals surface area contributed by atoms with E-state index in [4.69, 9.17) is 11.6 Å². The normalized spacial score (nSPS) is 18.0. The molecule has 0 aromatic heterocycles. The van der Waals surface area contributed by atoms with Gasteiger partial charge in [0.25, 0.3) is 0 Å². The van der Waals surface area contributed by atoms with Gasteiger partial charge in [-0.1, -0.05) is 35.9 Å². The van der Waals surface area contributed by atoms with Crippen LogP contribution in [0.2, 0.25) is 5.02 Å². The Bertz CT molecular complexity index is 778. The van der Waals surface area contributed by atoms with Gasteiger partial charge in [0.15, 0.2) is 0 Å². The van der Waals surface area contributed by atoms with E-state index in [1.54, 1.807) is 31.2 Å². The fourth-order valence-corrected chi connectivity index (χ4v) is 3.57. The molecule has 2 aromatic carbocycles. The van der Waals surface area contributed by atoms with Gasteiger partial charge in [0.2, 0.25) is 0 Å². The van der Waals surface area contributed by atoms with Crippen LogP contribution in [0.15, 0.2) is 36.4 Å². The number of hydrogen-bond acceptors (Lipinski definition) is 2. The predicted molar refractivity (Wildman–Crippen MR) is 92.2 cm³/mol. The molecule has 0 radical (unpaired) electrons. The molecule has 1 N–H and O–H groups in total. The Morgan fingerprint density at radius 2 is 2.08 bits per heavy atom. The van der Waals surface area contributed by atoms with Crippen molar-refractivity contribution in [3.63, 3.8) is 0 Å². The van der Waals surface area contributed by atoms with Crippen LogP contribution in [0.25, 0.3) is 0 Å². The highest BCUT2D eigenvalue weighted by Gasteiger charge is 2.28. The highest BCUT2D eigenvalue weighted by molar-refractivity contribution is 6.31. The van der Waals surface area contributed by atoms with E-state index in [9.17, 15) is 14.3 Å². The minimum absolute atomic E-state index is 0.143. The van der Waals surface area contributed by atoms with Gasteiger partial charge in [-0.2, -0.15) is 0 Å². The van der Waals surface area contributed by atoms with Crippen LogP contribution in [0, 0.1) is 12.7 Å². The molecule has 1 unspecified atom stereocenters. The molecule has 1 atom stereocenters. The van der Waals surface area contributed by atoms with Crippen LogP contribution in [-0.4, -0.2) is 29.1 Å². The highest BCUT2D eigenvalue weighted by Crippen LogP contribution is 2.32. The molecular formula is C19H19ClFNO2. The lowest BCUT2D eigenvalue weighted by Gasteiger charge is -2.19. The van der Waals surface area contributed by atoms with Gasteiger partial charge >= 0.3 is 5.97 Å². The minimum atomic E-state index is -0.906. The van der Waals surface area contributed by atoms with Gasteiger partial charge in [0.1, 0.15) is 5.82 Å². The smallest absolute Gasteiger partial charge is 0.335 e. The average molecular weight is 348 g/mol. The number of halogens is 2. The van der Waals surface area contributed by atoms with E-state index in [1.165, 1.54) is 0 Å². The van der Waals surface area contributed by atoms with Crippen LogP contribution in [-0.2, 0) is 6.54 Å². The summed E-state index contributed by atoms with van der Waals surface area (Å²) in [5.74, 6) is -1.02. The number of carboxylic acids is 1. The summed E-state index contributed by atoms with van der Waals surface area (Å²) in [6.07, 6.45) is 0.856. The van der Waals surface area contributed by atoms with Crippen molar-refractivity contribution < 1.29 is 14.3 Å². The second kappa shape index (κ2) is 6.91. The Morgan fingerprint density at radius 3 is 2.83 bits per heavy atom. The average Bonchev–Trinajstić information content (AvgIpc) is 3.03. The lowest BCUT2D eigenvalue weighted by atomic mass is 9.93. The molecule has 0 bridgehead atoms. The largest absolute Gasteiger partial charge is 0.478 e. The highest BCUT2D eigenvalue weighted by atomic mass is 35.5. The molecule has 1 aliphatic heterocycles. The van der Waals surface area contributed by atoms with Crippen molar-refractivity contribution in [2.45, 2.75) is 25.8 Å². The van der Waals surface area contributed by atoms with Gasteiger partial charge < -0.3 is 5.11 Å². The Hall–Kier alpha value is -1.91. The van der Waals surface area contributed by atoms with Crippen molar-refractivity contribution >= 4 is 17.6 Å². The summed E-state index contributed by atoms with van der Waals surface area (Å²) < 4.78 is 14.3. The summed E-state index contributed by atoms with van der Waals surface area (Å²) in [6.45, 7) is 3.67. The predicted octanol–water partition coefficient (Wildman–Crippen LogP) is 4.48. The standard InChI is InChI=1S/C19H19ClFNO2/c1-12-6-7-17(20)16(18(12)21)11-22-9-8-13(10-22)14-4-2-3-5-15(14)19(23)24/h2-7,13H,8-11H2,1H3,(H,23,24). The summed E-state index contributed by atoms with van der Waals surface area (Å²) in [5, 5.41) is 9.79. The van der Waals surface area contributed by atoms with Gasteiger partial charge in [-0.05, 0) is 49.1 Å². The first-order valence-corrected chi connectivity index (χ1v) is 8.33. The van der Waals surface area contributed by atoms with Crippen molar-refractivity contribution in [2.24, 2.45) is 0 Å². The maximum absolute atomic E-state index is 14.3. The molecule has 1 heterocycles. The molecule has 2 aromatic rings. The van der Waals surface area contributed by atoms with Crippen LogP contribution in [0.4, 0.5) is 4.39 Å². The molecule has 3 nitrogen and oxygen atoms in total.